The highest BCUT2D eigenvalue weighted by molar-refractivity contribution is 7.92. The van der Waals surface area contributed by atoms with E-state index in [0.717, 1.165) is 12.0 Å². The second-order valence-corrected chi connectivity index (χ2v) is 10.0. The smallest absolute Gasteiger partial charge is 0.229 e. The SMILES string of the molecule is Cc1sc2cc(OCCNC[C@H](O)c3cccc(NS(C)(=O)=O)c3)ccc2c1C.Cl. The van der Waals surface area contributed by atoms with Gasteiger partial charge in [0.15, 0.2) is 0 Å². The molecule has 1 heterocycles. The lowest BCUT2D eigenvalue weighted by Gasteiger charge is -2.14. The van der Waals surface area contributed by atoms with E-state index >= 15 is 0 Å². The van der Waals surface area contributed by atoms with Gasteiger partial charge in [-0.2, -0.15) is 0 Å². The van der Waals surface area contributed by atoms with Crippen molar-refractivity contribution in [2.24, 2.45) is 0 Å². The molecule has 0 aliphatic carbocycles. The van der Waals surface area contributed by atoms with Gasteiger partial charge in [-0.3, -0.25) is 4.72 Å². The number of sulfonamides is 1. The first-order chi connectivity index (χ1) is 13.7. The summed E-state index contributed by atoms with van der Waals surface area (Å²) >= 11 is 1.77. The summed E-state index contributed by atoms with van der Waals surface area (Å²) < 4.78 is 32.1. The zero-order valence-electron chi connectivity index (χ0n) is 17.1. The molecule has 0 radical (unpaired) electrons. The molecule has 0 fully saturated rings. The summed E-state index contributed by atoms with van der Waals surface area (Å²) in [5.74, 6) is 0.834. The van der Waals surface area contributed by atoms with Gasteiger partial charge in [-0.05, 0) is 60.7 Å². The van der Waals surface area contributed by atoms with Crippen molar-refractivity contribution in [3.05, 3.63) is 58.5 Å². The molecule has 3 aromatic rings. The van der Waals surface area contributed by atoms with Gasteiger partial charge in [-0.25, -0.2) is 8.42 Å². The van der Waals surface area contributed by atoms with Gasteiger partial charge in [0.25, 0.3) is 0 Å². The zero-order valence-corrected chi connectivity index (χ0v) is 19.6. The minimum atomic E-state index is -3.35. The third kappa shape index (κ3) is 6.58. The minimum absolute atomic E-state index is 0. The van der Waals surface area contributed by atoms with Gasteiger partial charge >= 0.3 is 0 Å². The van der Waals surface area contributed by atoms with Gasteiger partial charge in [0.05, 0.1) is 12.4 Å². The molecule has 9 heteroatoms. The number of halogens is 1. The normalized spacial score (nSPS) is 12.4. The Morgan fingerprint density at radius 2 is 1.93 bits per heavy atom. The first-order valence-electron chi connectivity index (χ1n) is 9.32. The molecule has 30 heavy (non-hydrogen) atoms. The van der Waals surface area contributed by atoms with Crippen molar-refractivity contribution in [2.45, 2.75) is 20.0 Å². The summed E-state index contributed by atoms with van der Waals surface area (Å²) in [6, 6.07) is 12.9. The number of thiophene rings is 1. The molecule has 1 atom stereocenters. The van der Waals surface area contributed by atoms with Crippen molar-refractivity contribution in [1.29, 1.82) is 0 Å². The highest BCUT2D eigenvalue weighted by Crippen LogP contribution is 2.32. The summed E-state index contributed by atoms with van der Waals surface area (Å²) in [5, 5.41) is 14.8. The topological polar surface area (TPSA) is 87.7 Å². The quantitative estimate of drug-likeness (QED) is 0.411. The van der Waals surface area contributed by atoms with Gasteiger partial charge in [-0.1, -0.05) is 12.1 Å². The first kappa shape index (κ1) is 24.4. The standard InChI is InChI=1S/C21H26N2O4S2.ClH/c1-14-15(2)28-21-12-18(7-8-19(14)21)27-10-9-22-13-20(24)16-5-4-6-17(11-16)23-29(3,25)26;/h4-8,11-12,20,22-24H,9-10,13H2,1-3H3;1H/t20-;/m0./s1. The minimum Gasteiger partial charge on any atom is -0.492 e. The number of ether oxygens (including phenoxy) is 1. The average molecular weight is 471 g/mol. The van der Waals surface area contributed by atoms with Crippen LogP contribution >= 0.6 is 23.7 Å². The van der Waals surface area contributed by atoms with Gasteiger partial charge in [0.1, 0.15) is 12.4 Å². The molecule has 0 saturated heterocycles. The maximum Gasteiger partial charge on any atom is 0.229 e. The molecule has 0 amide bonds. The van der Waals surface area contributed by atoms with Crippen LogP contribution in [0.5, 0.6) is 5.75 Å². The summed E-state index contributed by atoms with van der Waals surface area (Å²) in [6.45, 7) is 5.67. The van der Waals surface area contributed by atoms with Gasteiger partial charge in [0.2, 0.25) is 10.0 Å². The van der Waals surface area contributed by atoms with E-state index < -0.39 is 16.1 Å². The van der Waals surface area contributed by atoms with Crippen molar-refractivity contribution in [3.8, 4) is 5.75 Å². The Morgan fingerprint density at radius 3 is 2.67 bits per heavy atom. The zero-order chi connectivity index (χ0) is 21.0. The molecule has 1 aromatic heterocycles. The molecule has 3 rings (SSSR count). The second kappa shape index (κ2) is 10.5. The highest BCUT2D eigenvalue weighted by atomic mass is 35.5. The van der Waals surface area contributed by atoms with Crippen molar-refractivity contribution in [3.63, 3.8) is 0 Å². The Labute approximate surface area is 187 Å². The molecule has 0 saturated carbocycles. The predicted octanol–water partition coefficient (Wildman–Crippen LogP) is 4.01. The van der Waals surface area contributed by atoms with Crippen LogP contribution in [0.15, 0.2) is 42.5 Å². The third-order valence-corrected chi connectivity index (χ3v) is 6.38. The molecular weight excluding hydrogens is 444 g/mol. The van der Waals surface area contributed by atoms with Crippen LogP contribution in [0.25, 0.3) is 10.1 Å². The predicted molar refractivity (Wildman–Crippen MR) is 127 cm³/mol. The molecule has 2 aromatic carbocycles. The van der Waals surface area contributed by atoms with E-state index in [1.165, 1.54) is 20.5 Å². The Morgan fingerprint density at radius 1 is 1.17 bits per heavy atom. The number of aliphatic hydroxyl groups is 1. The van der Waals surface area contributed by atoms with Crippen LogP contribution in [0.3, 0.4) is 0 Å². The molecule has 0 bridgehead atoms. The summed E-state index contributed by atoms with van der Waals surface area (Å²) in [6.07, 6.45) is 0.348. The highest BCUT2D eigenvalue weighted by Gasteiger charge is 2.10. The summed E-state index contributed by atoms with van der Waals surface area (Å²) in [7, 11) is -3.35. The van der Waals surface area contributed by atoms with E-state index in [1.807, 2.05) is 6.07 Å². The van der Waals surface area contributed by atoms with Crippen LogP contribution < -0.4 is 14.8 Å². The largest absolute Gasteiger partial charge is 0.492 e. The Bertz CT molecular complexity index is 1100. The van der Waals surface area contributed by atoms with E-state index in [4.69, 9.17) is 4.74 Å². The van der Waals surface area contributed by atoms with Crippen molar-refractivity contribution < 1.29 is 18.3 Å². The molecule has 164 valence electrons. The number of aryl methyl sites for hydroxylation is 2. The van der Waals surface area contributed by atoms with Crippen molar-refractivity contribution in [2.75, 3.05) is 30.7 Å². The lowest BCUT2D eigenvalue weighted by Crippen LogP contribution is -2.26. The van der Waals surface area contributed by atoms with E-state index in [-0.39, 0.29) is 12.4 Å². The molecule has 0 unspecified atom stereocenters. The van der Waals surface area contributed by atoms with Crippen LogP contribution in [-0.2, 0) is 10.0 Å². The van der Waals surface area contributed by atoms with E-state index in [9.17, 15) is 13.5 Å². The van der Waals surface area contributed by atoms with Crippen LogP contribution in [0.4, 0.5) is 5.69 Å². The number of hydrogen-bond acceptors (Lipinski definition) is 6. The number of fused-ring (bicyclic) bond motifs is 1. The van der Waals surface area contributed by atoms with Gasteiger partial charge < -0.3 is 15.2 Å². The second-order valence-electron chi connectivity index (χ2n) is 7.01. The molecule has 0 aliphatic rings. The number of benzene rings is 2. The fraction of sp³-hybridized carbons (Fsp3) is 0.333. The summed E-state index contributed by atoms with van der Waals surface area (Å²) in [4.78, 5) is 1.32. The fourth-order valence-electron chi connectivity index (χ4n) is 3.04. The number of rotatable bonds is 9. The first-order valence-corrected chi connectivity index (χ1v) is 12.0. The Balaban J connectivity index is 0.00000320. The van der Waals surface area contributed by atoms with Crippen molar-refractivity contribution in [1.82, 2.24) is 5.32 Å². The van der Waals surface area contributed by atoms with Crippen LogP contribution in [0.2, 0.25) is 0 Å². The maximum absolute atomic E-state index is 11.3. The van der Waals surface area contributed by atoms with Gasteiger partial charge in [0, 0.05) is 28.4 Å². The Hall–Kier alpha value is -1.84. The molecule has 0 aliphatic heterocycles. The van der Waals surface area contributed by atoms with Gasteiger partial charge in [-0.15, -0.1) is 23.7 Å². The monoisotopic (exact) mass is 470 g/mol. The van der Waals surface area contributed by atoms with E-state index in [0.29, 0.717) is 30.9 Å². The van der Waals surface area contributed by atoms with E-state index in [2.05, 4.69) is 36.0 Å². The van der Waals surface area contributed by atoms with Crippen LogP contribution in [0, 0.1) is 13.8 Å². The Kier molecular flexibility index (Phi) is 8.52. The van der Waals surface area contributed by atoms with Crippen molar-refractivity contribution >= 4 is 49.5 Å². The van der Waals surface area contributed by atoms with E-state index in [1.54, 1.807) is 35.6 Å². The molecular formula is C21H27ClN2O4S2. The lowest BCUT2D eigenvalue weighted by molar-refractivity contribution is 0.172. The maximum atomic E-state index is 11.3. The third-order valence-electron chi connectivity index (χ3n) is 4.61. The molecule has 6 nitrogen and oxygen atoms in total. The number of anilines is 1. The fourth-order valence-corrected chi connectivity index (χ4v) is 4.69. The number of aliphatic hydroxyl groups excluding tert-OH is 1. The van der Waals surface area contributed by atoms with Crippen LogP contribution in [0.1, 0.15) is 22.1 Å². The summed E-state index contributed by atoms with van der Waals surface area (Å²) in [5.41, 5.74) is 2.39. The number of hydrogen-bond donors (Lipinski definition) is 3. The molecule has 0 spiro atoms. The van der Waals surface area contributed by atoms with Crippen LogP contribution in [-0.4, -0.2) is 39.5 Å². The molecule has 3 N–H and O–H groups in total. The number of nitrogens with one attached hydrogen (secondary N) is 2. The lowest BCUT2D eigenvalue weighted by atomic mass is 10.1. The average Bonchev–Trinajstić information content (AvgIpc) is 2.93.